The third-order valence-corrected chi connectivity index (χ3v) is 3.84. The van der Waals surface area contributed by atoms with E-state index in [9.17, 15) is 0 Å². The number of methoxy groups -OCH3 is 1. The van der Waals surface area contributed by atoms with Gasteiger partial charge in [0.15, 0.2) is 0 Å². The molecule has 2 aromatic rings. The van der Waals surface area contributed by atoms with E-state index in [1.165, 1.54) is 5.56 Å². The Bertz CT molecular complexity index is 579. The van der Waals surface area contributed by atoms with E-state index in [0.717, 1.165) is 30.7 Å². The van der Waals surface area contributed by atoms with Gasteiger partial charge in [0.2, 0.25) is 0 Å². The second-order valence-electron chi connectivity index (χ2n) is 4.74. The number of benzene rings is 1. The van der Waals surface area contributed by atoms with E-state index >= 15 is 0 Å². The Labute approximate surface area is 117 Å². The number of anilines is 1. The summed E-state index contributed by atoms with van der Waals surface area (Å²) in [5.41, 5.74) is 2.27. The van der Waals surface area contributed by atoms with Gasteiger partial charge in [-0.25, -0.2) is 0 Å². The van der Waals surface area contributed by atoms with Crippen molar-refractivity contribution < 1.29 is 9.15 Å². The zero-order chi connectivity index (χ0) is 13.2. The normalized spacial score (nSPS) is 17.9. The van der Waals surface area contributed by atoms with Crippen LogP contribution in [0.5, 0.6) is 5.75 Å². The molecule has 3 rings (SSSR count). The van der Waals surface area contributed by atoms with Gasteiger partial charge >= 0.3 is 0 Å². The van der Waals surface area contributed by atoms with Crippen molar-refractivity contribution in [3.8, 4) is 5.75 Å². The monoisotopic (exact) mass is 277 g/mol. The number of nitrogens with one attached hydrogen (secondary N) is 1. The first-order valence-corrected chi connectivity index (χ1v) is 6.82. The maximum Gasteiger partial charge on any atom is 0.137 e. The van der Waals surface area contributed by atoms with Gasteiger partial charge in [0, 0.05) is 17.7 Å². The molecule has 0 amide bonds. The molecule has 1 aromatic heterocycles. The maximum absolute atomic E-state index is 6.14. The van der Waals surface area contributed by atoms with Crippen LogP contribution < -0.4 is 10.1 Å². The van der Waals surface area contributed by atoms with Crippen LogP contribution in [0, 0.1) is 0 Å². The van der Waals surface area contributed by atoms with Crippen LogP contribution in [0.4, 0.5) is 5.69 Å². The van der Waals surface area contributed by atoms with Crippen molar-refractivity contribution in [3.63, 3.8) is 0 Å². The van der Waals surface area contributed by atoms with Crippen molar-refractivity contribution in [2.45, 2.75) is 25.3 Å². The molecule has 0 saturated carbocycles. The number of rotatable bonds is 3. The summed E-state index contributed by atoms with van der Waals surface area (Å²) < 4.78 is 10.7. The third-order valence-electron chi connectivity index (χ3n) is 3.54. The minimum absolute atomic E-state index is 0.298. The van der Waals surface area contributed by atoms with Crippen molar-refractivity contribution in [1.29, 1.82) is 0 Å². The summed E-state index contributed by atoms with van der Waals surface area (Å²) in [4.78, 5) is 0. The van der Waals surface area contributed by atoms with Gasteiger partial charge in [0.05, 0.1) is 24.4 Å². The standard InChI is InChI=1S/C15H16ClNO2/c1-18-15-6-5-10(9-12(15)16)17-13-3-2-4-14-11(13)7-8-19-14/h5-9,13,17H,2-4H2,1H3. The van der Waals surface area contributed by atoms with Gasteiger partial charge < -0.3 is 14.5 Å². The van der Waals surface area contributed by atoms with Crippen molar-refractivity contribution in [1.82, 2.24) is 0 Å². The van der Waals surface area contributed by atoms with Crippen LogP contribution in [0.3, 0.4) is 0 Å². The molecule has 19 heavy (non-hydrogen) atoms. The van der Waals surface area contributed by atoms with E-state index in [2.05, 4.69) is 11.4 Å². The highest BCUT2D eigenvalue weighted by atomic mass is 35.5. The van der Waals surface area contributed by atoms with Gasteiger partial charge in [-0.05, 0) is 37.1 Å². The first-order chi connectivity index (χ1) is 9.28. The lowest BCUT2D eigenvalue weighted by Crippen LogP contribution is -2.15. The van der Waals surface area contributed by atoms with E-state index in [0.29, 0.717) is 16.8 Å². The zero-order valence-electron chi connectivity index (χ0n) is 10.8. The number of ether oxygens (including phenoxy) is 1. The average Bonchev–Trinajstić information content (AvgIpc) is 2.88. The highest BCUT2D eigenvalue weighted by Gasteiger charge is 2.22. The van der Waals surface area contributed by atoms with Crippen molar-refractivity contribution in [2.24, 2.45) is 0 Å². The number of aryl methyl sites for hydroxylation is 1. The predicted octanol–water partition coefficient (Wildman–Crippen LogP) is 4.43. The Hall–Kier alpha value is -1.61. The fourth-order valence-corrected chi connectivity index (χ4v) is 2.85. The van der Waals surface area contributed by atoms with Crippen LogP contribution in [-0.2, 0) is 6.42 Å². The number of furan rings is 1. The quantitative estimate of drug-likeness (QED) is 0.901. The van der Waals surface area contributed by atoms with Crippen molar-refractivity contribution in [2.75, 3.05) is 12.4 Å². The second kappa shape index (κ2) is 5.17. The molecule has 1 atom stereocenters. The van der Waals surface area contributed by atoms with Crippen LogP contribution in [0.25, 0.3) is 0 Å². The summed E-state index contributed by atoms with van der Waals surface area (Å²) in [6.07, 6.45) is 5.05. The smallest absolute Gasteiger partial charge is 0.137 e. The molecular weight excluding hydrogens is 262 g/mol. The molecule has 1 N–H and O–H groups in total. The average molecular weight is 278 g/mol. The lowest BCUT2D eigenvalue weighted by Gasteiger charge is -2.24. The molecule has 0 aliphatic heterocycles. The molecule has 0 bridgehead atoms. The topological polar surface area (TPSA) is 34.4 Å². The fraction of sp³-hybridized carbons (Fsp3) is 0.333. The minimum Gasteiger partial charge on any atom is -0.495 e. The largest absolute Gasteiger partial charge is 0.495 e. The van der Waals surface area contributed by atoms with E-state index in [1.807, 2.05) is 18.2 Å². The number of hydrogen-bond acceptors (Lipinski definition) is 3. The van der Waals surface area contributed by atoms with E-state index in [-0.39, 0.29) is 0 Å². The second-order valence-corrected chi connectivity index (χ2v) is 5.14. The Morgan fingerprint density at radius 1 is 1.37 bits per heavy atom. The molecule has 3 nitrogen and oxygen atoms in total. The highest BCUT2D eigenvalue weighted by Crippen LogP contribution is 2.35. The Morgan fingerprint density at radius 3 is 3.05 bits per heavy atom. The molecule has 0 saturated heterocycles. The van der Waals surface area contributed by atoms with E-state index in [1.54, 1.807) is 13.4 Å². The molecule has 0 radical (unpaired) electrons. The van der Waals surface area contributed by atoms with Gasteiger partial charge in [0.1, 0.15) is 11.5 Å². The molecule has 1 unspecified atom stereocenters. The summed E-state index contributed by atoms with van der Waals surface area (Å²) in [5.74, 6) is 1.79. The van der Waals surface area contributed by atoms with Crippen molar-refractivity contribution in [3.05, 3.63) is 46.9 Å². The summed E-state index contributed by atoms with van der Waals surface area (Å²) in [6, 6.07) is 8.11. The van der Waals surface area contributed by atoms with Gasteiger partial charge in [0.25, 0.3) is 0 Å². The van der Waals surface area contributed by atoms with Gasteiger partial charge in [-0.1, -0.05) is 11.6 Å². The molecule has 4 heteroatoms. The van der Waals surface area contributed by atoms with Gasteiger partial charge in [-0.3, -0.25) is 0 Å². The summed E-state index contributed by atoms with van der Waals surface area (Å²) in [7, 11) is 1.62. The molecular formula is C15H16ClNO2. The summed E-state index contributed by atoms with van der Waals surface area (Å²) in [6.45, 7) is 0. The van der Waals surface area contributed by atoms with Crippen LogP contribution in [0.15, 0.2) is 34.9 Å². The number of fused-ring (bicyclic) bond motifs is 1. The lowest BCUT2D eigenvalue weighted by molar-refractivity contribution is 0.415. The van der Waals surface area contributed by atoms with Crippen LogP contribution in [0.2, 0.25) is 5.02 Å². The summed E-state index contributed by atoms with van der Waals surface area (Å²) >= 11 is 6.14. The van der Waals surface area contributed by atoms with E-state index < -0.39 is 0 Å². The van der Waals surface area contributed by atoms with E-state index in [4.69, 9.17) is 20.8 Å². The Morgan fingerprint density at radius 2 is 2.26 bits per heavy atom. The molecule has 0 fully saturated rings. The van der Waals surface area contributed by atoms with Crippen molar-refractivity contribution >= 4 is 17.3 Å². The third kappa shape index (κ3) is 2.43. The Balaban J connectivity index is 1.81. The Kier molecular flexibility index (Phi) is 3.38. The van der Waals surface area contributed by atoms with Crippen LogP contribution in [-0.4, -0.2) is 7.11 Å². The molecule has 100 valence electrons. The molecule has 0 spiro atoms. The minimum atomic E-state index is 0.298. The molecule has 1 aliphatic rings. The fourth-order valence-electron chi connectivity index (χ4n) is 2.59. The molecule has 1 aliphatic carbocycles. The predicted molar refractivity (Wildman–Crippen MR) is 76.0 cm³/mol. The first-order valence-electron chi connectivity index (χ1n) is 6.44. The SMILES string of the molecule is COc1ccc(NC2CCCc3occc32)cc1Cl. The number of hydrogen-bond donors (Lipinski definition) is 1. The van der Waals surface area contributed by atoms with Crippen LogP contribution >= 0.6 is 11.6 Å². The van der Waals surface area contributed by atoms with Crippen LogP contribution in [0.1, 0.15) is 30.2 Å². The molecule has 1 aromatic carbocycles. The molecule has 1 heterocycles. The maximum atomic E-state index is 6.14. The lowest BCUT2D eigenvalue weighted by atomic mass is 9.93. The first kappa shape index (κ1) is 12.4. The van der Waals surface area contributed by atoms with Gasteiger partial charge in [-0.2, -0.15) is 0 Å². The highest BCUT2D eigenvalue weighted by molar-refractivity contribution is 6.32. The number of halogens is 1. The zero-order valence-corrected chi connectivity index (χ0v) is 11.5. The summed E-state index contributed by atoms with van der Waals surface area (Å²) in [5, 5.41) is 4.14. The van der Waals surface area contributed by atoms with Gasteiger partial charge in [-0.15, -0.1) is 0 Å².